The van der Waals surface area contributed by atoms with Crippen molar-refractivity contribution in [2.24, 2.45) is 23.5 Å². The molecule has 0 bridgehead atoms. The van der Waals surface area contributed by atoms with E-state index >= 15 is 0 Å². The third-order valence-electron chi connectivity index (χ3n) is 6.44. The first kappa shape index (κ1) is 17.5. The second-order valence-corrected chi connectivity index (χ2v) is 7.91. The molecule has 1 aromatic heterocycles. The number of imidazole rings is 1. The maximum Gasteiger partial charge on any atom is 0.285 e. The summed E-state index contributed by atoms with van der Waals surface area (Å²) < 4.78 is 1.85. The molecule has 0 saturated heterocycles. The standard InChI is InChI=1S/C21H22N4O2/c1-12-15-8-9-16-18(21(15,2)10-13(11-22)17(12)26)24-20(19(23)27)25(16)14-6-4-3-5-7-14/h3-7,12-13,15H,8-10H2,1-2H3,(H2,23,27)/t12-,13?,15-,21-/m0/s1. The number of nitrogens with zero attached hydrogens (tertiary/aromatic N) is 3. The number of hydrogen-bond acceptors (Lipinski definition) is 4. The van der Waals surface area contributed by atoms with E-state index in [1.165, 1.54) is 0 Å². The summed E-state index contributed by atoms with van der Waals surface area (Å²) in [5, 5.41) is 9.49. The van der Waals surface area contributed by atoms with E-state index in [1.807, 2.05) is 41.8 Å². The molecule has 1 fully saturated rings. The van der Waals surface area contributed by atoms with Crippen LogP contribution >= 0.6 is 0 Å². The summed E-state index contributed by atoms with van der Waals surface area (Å²) in [4.78, 5) is 29.4. The summed E-state index contributed by atoms with van der Waals surface area (Å²) in [5.74, 6) is -1.05. The van der Waals surface area contributed by atoms with Gasteiger partial charge >= 0.3 is 0 Å². The van der Waals surface area contributed by atoms with Gasteiger partial charge in [-0.05, 0) is 37.3 Å². The van der Waals surface area contributed by atoms with Gasteiger partial charge in [-0.25, -0.2) is 4.98 Å². The average Bonchev–Trinajstić information content (AvgIpc) is 3.07. The topological polar surface area (TPSA) is 102 Å². The van der Waals surface area contributed by atoms with Gasteiger partial charge in [-0.3, -0.25) is 14.2 Å². The molecule has 4 rings (SSSR count). The van der Waals surface area contributed by atoms with Crippen molar-refractivity contribution in [3.63, 3.8) is 0 Å². The number of Topliss-reactive ketones (excluding diaryl/α,β-unsaturated/α-hetero) is 1. The van der Waals surface area contributed by atoms with Crippen molar-refractivity contribution in [2.75, 3.05) is 0 Å². The van der Waals surface area contributed by atoms with Gasteiger partial charge in [0.2, 0.25) is 5.82 Å². The summed E-state index contributed by atoms with van der Waals surface area (Å²) in [5.41, 5.74) is 7.85. The van der Waals surface area contributed by atoms with Crippen molar-refractivity contribution in [3.8, 4) is 11.8 Å². The third-order valence-corrected chi connectivity index (χ3v) is 6.44. The quantitative estimate of drug-likeness (QED) is 0.887. The smallest absolute Gasteiger partial charge is 0.285 e. The Morgan fingerprint density at radius 2 is 2.07 bits per heavy atom. The van der Waals surface area contributed by atoms with Crippen LogP contribution in [0.2, 0.25) is 0 Å². The Morgan fingerprint density at radius 1 is 1.37 bits per heavy atom. The second kappa shape index (κ2) is 6.05. The molecule has 0 spiro atoms. The number of para-hydroxylation sites is 1. The molecule has 1 heterocycles. The van der Waals surface area contributed by atoms with Crippen molar-refractivity contribution < 1.29 is 9.59 Å². The van der Waals surface area contributed by atoms with Gasteiger partial charge in [-0.1, -0.05) is 32.0 Å². The van der Waals surface area contributed by atoms with Crippen LogP contribution in [0.4, 0.5) is 0 Å². The Hall–Kier alpha value is -2.94. The van der Waals surface area contributed by atoms with E-state index in [1.54, 1.807) is 0 Å². The SMILES string of the molecule is C[C@@H]1C(=O)C(C#N)C[C@]2(C)c3nc(C(N)=O)n(-c4ccccc4)c3CC[C@@H]12. The summed E-state index contributed by atoms with van der Waals surface area (Å²) in [6.45, 7) is 4.00. The van der Waals surface area contributed by atoms with Crippen molar-refractivity contribution in [2.45, 2.75) is 38.5 Å². The molecular formula is C21H22N4O2. The molecule has 1 saturated carbocycles. The van der Waals surface area contributed by atoms with Crippen molar-refractivity contribution in [1.82, 2.24) is 9.55 Å². The van der Waals surface area contributed by atoms with E-state index in [4.69, 9.17) is 5.73 Å². The summed E-state index contributed by atoms with van der Waals surface area (Å²) in [7, 11) is 0. The van der Waals surface area contributed by atoms with Crippen LogP contribution in [0.25, 0.3) is 5.69 Å². The first-order chi connectivity index (χ1) is 12.9. The highest BCUT2D eigenvalue weighted by atomic mass is 16.1. The van der Waals surface area contributed by atoms with Crippen LogP contribution in [0.15, 0.2) is 30.3 Å². The molecule has 2 aliphatic carbocycles. The summed E-state index contributed by atoms with van der Waals surface area (Å²) in [6, 6.07) is 11.8. The zero-order valence-electron chi connectivity index (χ0n) is 15.5. The predicted octanol–water partition coefficient (Wildman–Crippen LogP) is 2.54. The Balaban J connectivity index is 1.93. The number of aromatic nitrogens is 2. The molecule has 2 N–H and O–H groups in total. The minimum absolute atomic E-state index is 0.0287. The van der Waals surface area contributed by atoms with Crippen LogP contribution in [0.5, 0.6) is 0 Å². The van der Waals surface area contributed by atoms with Gasteiger partial charge in [0.1, 0.15) is 5.92 Å². The molecule has 1 amide bonds. The molecular weight excluding hydrogens is 340 g/mol. The van der Waals surface area contributed by atoms with Crippen LogP contribution in [0.1, 0.15) is 48.7 Å². The molecule has 4 atom stereocenters. The van der Waals surface area contributed by atoms with Crippen LogP contribution in [0, 0.1) is 29.1 Å². The number of nitrogens with two attached hydrogens (primary N) is 1. The van der Waals surface area contributed by atoms with E-state index in [2.05, 4.69) is 18.0 Å². The zero-order chi connectivity index (χ0) is 19.3. The van der Waals surface area contributed by atoms with Crippen LogP contribution in [-0.4, -0.2) is 21.2 Å². The molecule has 6 heteroatoms. The minimum atomic E-state index is -0.633. The third kappa shape index (κ3) is 2.42. The number of primary amides is 1. The number of fused-ring (bicyclic) bond motifs is 3. The van der Waals surface area contributed by atoms with E-state index < -0.39 is 17.2 Å². The van der Waals surface area contributed by atoms with E-state index in [-0.39, 0.29) is 23.4 Å². The first-order valence-electron chi connectivity index (χ1n) is 9.29. The average molecular weight is 362 g/mol. The van der Waals surface area contributed by atoms with Gasteiger partial charge in [0.25, 0.3) is 5.91 Å². The predicted molar refractivity (Wildman–Crippen MR) is 99.1 cm³/mol. The second-order valence-electron chi connectivity index (χ2n) is 7.91. The number of ketones is 1. The van der Waals surface area contributed by atoms with Gasteiger partial charge in [0, 0.05) is 22.7 Å². The first-order valence-corrected chi connectivity index (χ1v) is 9.29. The Morgan fingerprint density at radius 3 is 2.70 bits per heavy atom. The Kier molecular flexibility index (Phi) is 3.92. The highest BCUT2D eigenvalue weighted by Crippen LogP contribution is 2.52. The van der Waals surface area contributed by atoms with Crippen molar-refractivity contribution in [1.29, 1.82) is 5.26 Å². The minimum Gasteiger partial charge on any atom is -0.363 e. The van der Waals surface area contributed by atoms with Crippen LogP contribution in [0.3, 0.4) is 0 Å². The molecule has 2 aliphatic rings. The summed E-state index contributed by atoms with van der Waals surface area (Å²) >= 11 is 0. The highest BCUT2D eigenvalue weighted by molar-refractivity contribution is 5.90. The number of benzene rings is 1. The Bertz CT molecular complexity index is 972. The number of hydrogen-bond donors (Lipinski definition) is 1. The van der Waals surface area contributed by atoms with Gasteiger partial charge < -0.3 is 5.73 Å². The maximum absolute atomic E-state index is 12.5. The number of carbonyl (C=O) groups is 2. The lowest BCUT2D eigenvalue weighted by Crippen LogP contribution is -2.50. The number of amides is 1. The fourth-order valence-corrected chi connectivity index (χ4v) is 5.15. The molecule has 1 unspecified atom stereocenters. The molecule has 6 nitrogen and oxygen atoms in total. The normalized spacial score (nSPS) is 29.5. The van der Waals surface area contributed by atoms with Gasteiger partial charge in [0.05, 0.1) is 11.8 Å². The number of rotatable bonds is 2. The van der Waals surface area contributed by atoms with Gasteiger partial charge in [-0.2, -0.15) is 5.26 Å². The number of nitriles is 1. The zero-order valence-corrected chi connectivity index (χ0v) is 15.5. The van der Waals surface area contributed by atoms with Crippen LogP contribution in [-0.2, 0) is 16.6 Å². The number of carbonyl (C=O) groups excluding carboxylic acids is 2. The van der Waals surface area contributed by atoms with Gasteiger partial charge in [-0.15, -0.1) is 0 Å². The molecule has 2 aromatic rings. The van der Waals surface area contributed by atoms with Crippen molar-refractivity contribution >= 4 is 11.7 Å². The summed E-state index contributed by atoms with van der Waals surface area (Å²) in [6.07, 6.45) is 1.99. The monoisotopic (exact) mass is 362 g/mol. The lowest BCUT2D eigenvalue weighted by atomic mass is 9.54. The fraction of sp³-hybridized carbons (Fsp3) is 0.429. The highest BCUT2D eigenvalue weighted by Gasteiger charge is 2.53. The molecule has 138 valence electrons. The largest absolute Gasteiger partial charge is 0.363 e. The van der Waals surface area contributed by atoms with E-state index in [9.17, 15) is 14.9 Å². The Labute approximate surface area is 158 Å². The lowest BCUT2D eigenvalue weighted by molar-refractivity contribution is -0.132. The van der Waals surface area contributed by atoms with Gasteiger partial charge in [0.15, 0.2) is 5.78 Å². The van der Waals surface area contributed by atoms with Crippen molar-refractivity contribution in [3.05, 3.63) is 47.5 Å². The molecule has 1 aromatic carbocycles. The van der Waals surface area contributed by atoms with E-state index in [0.29, 0.717) is 6.42 Å². The van der Waals surface area contributed by atoms with E-state index in [0.717, 1.165) is 29.9 Å². The fourth-order valence-electron chi connectivity index (χ4n) is 5.15. The lowest BCUT2D eigenvalue weighted by Gasteiger charge is -2.48. The molecule has 27 heavy (non-hydrogen) atoms. The molecule has 0 radical (unpaired) electrons. The molecule has 0 aliphatic heterocycles. The van der Waals surface area contributed by atoms with Crippen LogP contribution < -0.4 is 5.73 Å². The maximum atomic E-state index is 12.5.